The van der Waals surface area contributed by atoms with E-state index in [4.69, 9.17) is 0 Å². The third-order valence-corrected chi connectivity index (χ3v) is 6.76. The van der Waals surface area contributed by atoms with Crippen LogP contribution in [0.5, 0.6) is 0 Å². The van der Waals surface area contributed by atoms with Crippen molar-refractivity contribution < 1.29 is 0 Å². The lowest BCUT2D eigenvalue weighted by molar-refractivity contribution is 1.41. The van der Waals surface area contributed by atoms with E-state index >= 15 is 0 Å². The van der Waals surface area contributed by atoms with Crippen LogP contribution in [0.2, 0.25) is 0 Å². The number of para-hydroxylation sites is 4. The van der Waals surface area contributed by atoms with Crippen molar-refractivity contribution in [2.24, 2.45) is 0 Å². The van der Waals surface area contributed by atoms with E-state index in [0.717, 1.165) is 17.1 Å². The van der Waals surface area contributed by atoms with Crippen molar-refractivity contribution >= 4 is 36.8 Å². The van der Waals surface area contributed by atoms with E-state index in [1.54, 1.807) is 0 Å². The summed E-state index contributed by atoms with van der Waals surface area (Å²) in [4.78, 5) is 0. The van der Waals surface area contributed by atoms with E-state index < -0.39 is 0 Å². The normalized spacial score (nSPS) is 10.9. The zero-order valence-electron chi connectivity index (χ0n) is 18.2. The van der Waals surface area contributed by atoms with Crippen molar-refractivity contribution in [2.75, 3.05) is 9.99 Å². The Kier molecular flexibility index (Phi) is 6.47. The van der Waals surface area contributed by atoms with Gasteiger partial charge in [-0.15, -0.1) is 0 Å². The molecule has 2 nitrogen and oxygen atoms in total. The van der Waals surface area contributed by atoms with Gasteiger partial charge in [-0.2, -0.15) is 0 Å². The van der Waals surface area contributed by atoms with Gasteiger partial charge in [-0.1, -0.05) is 103 Å². The number of nitrogens with zero attached hydrogens (tertiary/aromatic N) is 1. The van der Waals surface area contributed by atoms with Crippen LogP contribution < -0.4 is 15.3 Å². The third kappa shape index (κ3) is 5.14. The van der Waals surface area contributed by atoms with Gasteiger partial charge in [0, 0.05) is 20.1 Å². The molecule has 0 heterocycles. The molecule has 0 aliphatic heterocycles. The minimum atomic E-state index is 0.455. The number of rotatable bonds is 7. The topological polar surface area (TPSA) is 15.3 Å². The Bertz CT molecular complexity index is 1290. The van der Waals surface area contributed by atoms with E-state index in [9.17, 15) is 0 Å². The maximum atomic E-state index is 3.60. The second-order valence-corrected chi connectivity index (χ2v) is 8.98. The van der Waals surface area contributed by atoms with Crippen LogP contribution in [0.3, 0.4) is 0 Å². The zero-order chi connectivity index (χ0) is 22.3. The highest BCUT2D eigenvalue weighted by Crippen LogP contribution is 2.41. The largest absolute Gasteiger partial charge is 0.354 e. The summed E-state index contributed by atoms with van der Waals surface area (Å²) < 4.78 is 2.39. The molecule has 0 amide bonds. The van der Waals surface area contributed by atoms with Crippen LogP contribution in [0.1, 0.15) is 0 Å². The Morgan fingerprint density at radius 1 is 0.485 bits per heavy atom. The summed E-state index contributed by atoms with van der Waals surface area (Å²) in [5.74, 6) is 0. The molecular formula is C30H25N2P. The Balaban J connectivity index is 1.48. The molecule has 0 aliphatic rings. The van der Waals surface area contributed by atoms with Crippen molar-refractivity contribution in [3.63, 3.8) is 0 Å². The predicted octanol–water partition coefficient (Wildman–Crippen LogP) is 8.15. The molecule has 0 fully saturated rings. The molecule has 3 heteroatoms. The monoisotopic (exact) mass is 444 g/mol. The van der Waals surface area contributed by atoms with Crippen LogP contribution in [0, 0.1) is 0 Å². The molecule has 1 unspecified atom stereocenters. The Morgan fingerprint density at radius 3 is 1.73 bits per heavy atom. The van der Waals surface area contributed by atoms with E-state index in [2.05, 4.69) is 143 Å². The number of benzene rings is 5. The van der Waals surface area contributed by atoms with Gasteiger partial charge in [-0.3, -0.25) is 0 Å². The first-order chi connectivity index (χ1) is 16.4. The van der Waals surface area contributed by atoms with Gasteiger partial charge in [0.2, 0.25) is 0 Å². The first-order valence-electron chi connectivity index (χ1n) is 11.1. The van der Waals surface area contributed by atoms with Gasteiger partial charge in [-0.05, 0) is 52.8 Å². The van der Waals surface area contributed by atoms with Gasteiger partial charge in [0.25, 0.3) is 0 Å². The zero-order valence-corrected chi connectivity index (χ0v) is 19.2. The summed E-state index contributed by atoms with van der Waals surface area (Å²) in [5, 5.41) is 4.89. The van der Waals surface area contributed by atoms with E-state index in [-0.39, 0.29) is 0 Å². The van der Waals surface area contributed by atoms with Crippen LogP contribution in [0.4, 0.5) is 22.7 Å². The van der Waals surface area contributed by atoms with E-state index in [0.29, 0.717) is 8.73 Å². The van der Waals surface area contributed by atoms with Crippen LogP contribution in [-0.2, 0) is 0 Å². The molecule has 0 spiro atoms. The lowest BCUT2D eigenvalue weighted by atomic mass is 10.1. The fraction of sp³-hybridized carbons (Fsp3) is 0. The molecule has 0 radical (unpaired) electrons. The van der Waals surface area contributed by atoms with Gasteiger partial charge < -0.3 is 9.99 Å². The van der Waals surface area contributed by atoms with Gasteiger partial charge >= 0.3 is 0 Å². The van der Waals surface area contributed by atoms with Crippen LogP contribution in [0.15, 0.2) is 140 Å². The maximum Gasteiger partial charge on any atom is 0.0684 e. The molecular weight excluding hydrogens is 419 g/mol. The van der Waals surface area contributed by atoms with Gasteiger partial charge in [-0.25, -0.2) is 0 Å². The average molecular weight is 445 g/mol. The lowest BCUT2D eigenvalue weighted by Crippen LogP contribution is -2.12. The smallest absolute Gasteiger partial charge is 0.0684 e. The Labute approximate surface area is 197 Å². The lowest BCUT2D eigenvalue weighted by Gasteiger charge is -2.27. The molecule has 0 aromatic heterocycles. The standard InChI is InChI=1S/C30H25N2P/c1-4-12-24(13-5-1)25-20-22-28(23-21-25)33-32(27-16-8-3-9-17-27)30-19-11-10-18-29(30)31-26-14-6-2-7-15-26/h1-23,31,33H. The molecule has 1 atom stereocenters. The molecule has 1 N–H and O–H groups in total. The molecule has 0 saturated heterocycles. The second-order valence-electron chi connectivity index (χ2n) is 7.73. The summed E-state index contributed by atoms with van der Waals surface area (Å²) >= 11 is 0. The van der Waals surface area contributed by atoms with Crippen molar-refractivity contribution in [1.29, 1.82) is 0 Å². The highest BCUT2D eigenvalue weighted by Gasteiger charge is 2.14. The van der Waals surface area contributed by atoms with Crippen LogP contribution in [0.25, 0.3) is 11.1 Å². The third-order valence-electron chi connectivity index (χ3n) is 5.45. The van der Waals surface area contributed by atoms with Gasteiger partial charge in [0.15, 0.2) is 0 Å². The molecule has 160 valence electrons. The minimum Gasteiger partial charge on any atom is -0.354 e. The van der Waals surface area contributed by atoms with E-state index in [1.807, 2.05) is 6.07 Å². The molecule has 5 aromatic carbocycles. The predicted molar refractivity (Wildman–Crippen MR) is 145 cm³/mol. The quantitative estimate of drug-likeness (QED) is 0.255. The van der Waals surface area contributed by atoms with E-state index in [1.165, 1.54) is 22.1 Å². The molecule has 33 heavy (non-hydrogen) atoms. The fourth-order valence-corrected chi connectivity index (χ4v) is 4.96. The number of hydrogen-bond acceptors (Lipinski definition) is 2. The van der Waals surface area contributed by atoms with Gasteiger partial charge in [0.1, 0.15) is 0 Å². The Hall–Kier alpha value is -3.87. The minimum absolute atomic E-state index is 0.455. The number of anilines is 4. The molecule has 0 bridgehead atoms. The summed E-state index contributed by atoms with van der Waals surface area (Å²) in [6.07, 6.45) is 0. The summed E-state index contributed by atoms with van der Waals surface area (Å²) in [7, 11) is 0.455. The number of nitrogens with one attached hydrogen (secondary N) is 1. The van der Waals surface area contributed by atoms with Crippen molar-refractivity contribution in [2.45, 2.75) is 0 Å². The molecule has 0 aliphatic carbocycles. The molecule has 5 rings (SSSR count). The highest BCUT2D eigenvalue weighted by atomic mass is 31.1. The first-order valence-corrected chi connectivity index (χ1v) is 12.0. The second kappa shape index (κ2) is 10.2. The maximum absolute atomic E-state index is 3.60. The summed E-state index contributed by atoms with van der Waals surface area (Å²) in [6.45, 7) is 0. The molecule has 0 saturated carbocycles. The molecule has 5 aromatic rings. The highest BCUT2D eigenvalue weighted by molar-refractivity contribution is 7.49. The summed E-state index contributed by atoms with van der Waals surface area (Å²) in [5.41, 5.74) is 6.96. The van der Waals surface area contributed by atoms with Crippen molar-refractivity contribution in [3.8, 4) is 11.1 Å². The Morgan fingerprint density at radius 2 is 1.03 bits per heavy atom. The number of hydrogen-bond donors (Lipinski definition) is 1. The van der Waals surface area contributed by atoms with Crippen molar-refractivity contribution in [1.82, 2.24) is 0 Å². The fourth-order valence-electron chi connectivity index (χ4n) is 3.79. The SMILES string of the molecule is c1ccc(Nc2ccccc2N(Pc2ccc(-c3ccccc3)cc2)c2ccccc2)cc1. The van der Waals surface area contributed by atoms with Gasteiger partial charge in [0.05, 0.1) is 11.4 Å². The van der Waals surface area contributed by atoms with Crippen LogP contribution >= 0.6 is 8.73 Å². The van der Waals surface area contributed by atoms with Crippen molar-refractivity contribution in [3.05, 3.63) is 140 Å². The van der Waals surface area contributed by atoms with Crippen LogP contribution in [-0.4, -0.2) is 0 Å². The first kappa shape index (κ1) is 21.0. The summed E-state index contributed by atoms with van der Waals surface area (Å²) in [6, 6.07) is 48.9. The average Bonchev–Trinajstić information content (AvgIpc) is 2.90.